The molecule has 0 aliphatic heterocycles. The van der Waals surface area contributed by atoms with E-state index < -0.39 is 0 Å². The van der Waals surface area contributed by atoms with Crippen molar-refractivity contribution in [2.24, 2.45) is 5.41 Å². The van der Waals surface area contributed by atoms with Crippen LogP contribution in [0.15, 0.2) is 60.7 Å². The number of allylic oxidation sites excluding steroid dienone is 4. The van der Waals surface area contributed by atoms with E-state index in [0.29, 0.717) is 5.41 Å². The molecule has 2 aromatic rings. The van der Waals surface area contributed by atoms with Gasteiger partial charge in [-0.3, -0.25) is 0 Å². The Kier molecular flexibility index (Phi) is 12.5. The minimum atomic E-state index is 0.299. The first-order valence-electron chi connectivity index (χ1n) is 10.5. The Balaban J connectivity index is 0.000000793. The Morgan fingerprint density at radius 3 is 1.92 bits per heavy atom. The first-order chi connectivity index (χ1) is 12.7. The van der Waals surface area contributed by atoms with Gasteiger partial charge in [0.1, 0.15) is 0 Å². The van der Waals surface area contributed by atoms with Gasteiger partial charge in [0.15, 0.2) is 0 Å². The van der Waals surface area contributed by atoms with Crippen molar-refractivity contribution in [1.29, 1.82) is 0 Å². The molecule has 1 aliphatic carbocycles. The maximum absolute atomic E-state index is 2.38. The Hall–Kier alpha value is -1.82. The van der Waals surface area contributed by atoms with Crippen LogP contribution in [-0.2, 0) is 0 Å². The van der Waals surface area contributed by atoms with Crippen LogP contribution in [-0.4, -0.2) is 0 Å². The lowest BCUT2D eigenvalue weighted by Gasteiger charge is -2.18. The predicted octanol–water partition coefficient (Wildman–Crippen LogP) is 9.07. The molecule has 0 unspecified atom stereocenters. The van der Waals surface area contributed by atoms with E-state index in [1.54, 1.807) is 0 Å². The smallest absolute Gasteiger partial charge is 0.0135 e. The van der Waals surface area contributed by atoms with E-state index in [0.717, 1.165) is 0 Å². The van der Waals surface area contributed by atoms with Crippen LogP contribution >= 0.6 is 0 Å². The standard InChI is InChI=1S/C19H20.C3H8.2C2H6/c1-3-12-19(13-14-19)18(4-2)17-11-7-9-15-8-5-6-10-16(15)17;1-3-2;2*1-2/h3-12H,13-14H2,1-2H3;3H2,1-2H3;2*1-2H3/b12-3-,18-4-;;;. The molecule has 0 bridgehead atoms. The second kappa shape index (κ2) is 13.4. The zero-order valence-corrected chi connectivity index (χ0v) is 18.4. The first kappa shape index (κ1) is 24.2. The maximum Gasteiger partial charge on any atom is 0.0135 e. The Bertz CT molecular complexity index is 664. The van der Waals surface area contributed by atoms with Crippen LogP contribution in [0.3, 0.4) is 0 Å². The summed E-state index contributed by atoms with van der Waals surface area (Å²) in [6.45, 7) is 16.5. The van der Waals surface area contributed by atoms with Gasteiger partial charge < -0.3 is 0 Å². The number of fused-ring (bicyclic) bond motifs is 1. The van der Waals surface area contributed by atoms with E-state index in [9.17, 15) is 0 Å². The van der Waals surface area contributed by atoms with E-state index in [1.165, 1.54) is 41.2 Å². The molecular formula is C26H40. The average Bonchev–Trinajstić information content (AvgIpc) is 3.47. The lowest BCUT2D eigenvalue weighted by molar-refractivity contribution is 0.881. The van der Waals surface area contributed by atoms with Gasteiger partial charge in [-0.1, -0.05) is 109 Å². The van der Waals surface area contributed by atoms with Crippen LogP contribution in [0.2, 0.25) is 0 Å². The summed E-state index contributed by atoms with van der Waals surface area (Å²) in [5.74, 6) is 0. The summed E-state index contributed by atoms with van der Waals surface area (Å²) < 4.78 is 0. The fraction of sp³-hybridized carbons (Fsp3) is 0.462. The van der Waals surface area contributed by atoms with Gasteiger partial charge in [-0.05, 0) is 48.6 Å². The number of rotatable bonds is 3. The molecule has 0 heterocycles. The monoisotopic (exact) mass is 352 g/mol. The molecule has 0 aromatic heterocycles. The lowest BCUT2D eigenvalue weighted by Crippen LogP contribution is -2.01. The normalized spacial score (nSPS) is 14.4. The first-order valence-corrected chi connectivity index (χ1v) is 10.5. The zero-order valence-electron chi connectivity index (χ0n) is 18.4. The SMILES string of the molecule is C/C=C\C1(/C(=C\C)c2cccc3ccccc23)CC1.CC.CC.CCC. The van der Waals surface area contributed by atoms with E-state index in [4.69, 9.17) is 0 Å². The Morgan fingerprint density at radius 1 is 0.885 bits per heavy atom. The molecular weight excluding hydrogens is 312 g/mol. The van der Waals surface area contributed by atoms with Crippen LogP contribution in [0.1, 0.15) is 80.2 Å². The maximum atomic E-state index is 2.38. The van der Waals surface area contributed by atoms with Crippen LogP contribution in [0, 0.1) is 5.41 Å². The number of hydrogen-bond donors (Lipinski definition) is 0. The molecule has 1 saturated carbocycles. The highest BCUT2D eigenvalue weighted by atomic mass is 14.5. The summed E-state index contributed by atoms with van der Waals surface area (Å²) in [6, 6.07) is 15.3. The van der Waals surface area contributed by atoms with Crippen molar-refractivity contribution in [3.05, 3.63) is 66.3 Å². The zero-order chi connectivity index (χ0) is 20.0. The van der Waals surface area contributed by atoms with Crippen molar-refractivity contribution in [3.8, 4) is 0 Å². The highest BCUT2D eigenvalue weighted by Gasteiger charge is 2.43. The molecule has 144 valence electrons. The van der Waals surface area contributed by atoms with Gasteiger partial charge in [-0.2, -0.15) is 0 Å². The van der Waals surface area contributed by atoms with E-state index in [-0.39, 0.29) is 0 Å². The quantitative estimate of drug-likeness (QED) is 0.483. The van der Waals surface area contributed by atoms with E-state index in [2.05, 4.69) is 88.4 Å². The third-order valence-electron chi connectivity index (χ3n) is 4.18. The van der Waals surface area contributed by atoms with Gasteiger partial charge in [-0.15, -0.1) is 0 Å². The van der Waals surface area contributed by atoms with Crippen LogP contribution in [0.5, 0.6) is 0 Å². The van der Waals surface area contributed by atoms with Gasteiger partial charge in [0.25, 0.3) is 0 Å². The van der Waals surface area contributed by atoms with E-state index >= 15 is 0 Å². The van der Waals surface area contributed by atoms with E-state index in [1.807, 2.05) is 27.7 Å². The second-order valence-electron chi connectivity index (χ2n) is 6.09. The molecule has 0 nitrogen and oxygen atoms in total. The summed E-state index contributed by atoms with van der Waals surface area (Å²) in [7, 11) is 0. The summed E-state index contributed by atoms with van der Waals surface area (Å²) in [5, 5.41) is 2.70. The van der Waals surface area contributed by atoms with Gasteiger partial charge in [0.2, 0.25) is 0 Å². The van der Waals surface area contributed by atoms with Crippen molar-refractivity contribution in [1.82, 2.24) is 0 Å². The summed E-state index contributed by atoms with van der Waals surface area (Å²) in [6.07, 6.45) is 10.7. The minimum Gasteiger partial charge on any atom is -0.0908 e. The summed E-state index contributed by atoms with van der Waals surface area (Å²) in [4.78, 5) is 0. The van der Waals surface area contributed by atoms with Crippen LogP contribution in [0.25, 0.3) is 16.3 Å². The molecule has 1 fully saturated rings. The van der Waals surface area contributed by atoms with Crippen molar-refractivity contribution in [3.63, 3.8) is 0 Å². The molecule has 3 rings (SSSR count). The molecule has 0 atom stereocenters. The molecule has 1 aliphatic rings. The van der Waals surface area contributed by atoms with Crippen molar-refractivity contribution < 1.29 is 0 Å². The number of hydrogen-bond acceptors (Lipinski definition) is 0. The second-order valence-corrected chi connectivity index (χ2v) is 6.09. The molecule has 0 spiro atoms. The molecule has 26 heavy (non-hydrogen) atoms. The minimum absolute atomic E-state index is 0.299. The molecule has 0 N–H and O–H groups in total. The molecule has 0 radical (unpaired) electrons. The third-order valence-corrected chi connectivity index (χ3v) is 4.18. The van der Waals surface area contributed by atoms with Gasteiger partial charge in [-0.25, -0.2) is 0 Å². The lowest BCUT2D eigenvalue weighted by atomic mass is 9.86. The fourth-order valence-electron chi connectivity index (χ4n) is 3.15. The van der Waals surface area contributed by atoms with Crippen molar-refractivity contribution >= 4 is 16.3 Å². The van der Waals surface area contributed by atoms with Crippen LogP contribution in [0.4, 0.5) is 0 Å². The Morgan fingerprint density at radius 2 is 1.42 bits per heavy atom. The molecule has 0 amide bonds. The number of benzene rings is 2. The van der Waals surface area contributed by atoms with Crippen LogP contribution < -0.4 is 0 Å². The highest BCUT2D eigenvalue weighted by molar-refractivity contribution is 5.95. The largest absolute Gasteiger partial charge is 0.0908 e. The van der Waals surface area contributed by atoms with Gasteiger partial charge >= 0.3 is 0 Å². The Labute approximate surface area is 163 Å². The predicted molar refractivity (Wildman–Crippen MR) is 123 cm³/mol. The fourth-order valence-corrected chi connectivity index (χ4v) is 3.15. The molecule has 0 saturated heterocycles. The summed E-state index contributed by atoms with van der Waals surface area (Å²) >= 11 is 0. The van der Waals surface area contributed by atoms with Crippen molar-refractivity contribution in [2.45, 2.75) is 74.7 Å². The topological polar surface area (TPSA) is 0 Å². The molecule has 0 heteroatoms. The summed E-state index contributed by atoms with van der Waals surface area (Å²) in [5.41, 5.74) is 3.19. The third kappa shape index (κ3) is 6.16. The van der Waals surface area contributed by atoms with Gasteiger partial charge in [0.05, 0.1) is 0 Å². The average molecular weight is 353 g/mol. The van der Waals surface area contributed by atoms with Crippen molar-refractivity contribution in [2.75, 3.05) is 0 Å². The molecule has 2 aromatic carbocycles. The highest BCUT2D eigenvalue weighted by Crippen LogP contribution is 2.57. The van der Waals surface area contributed by atoms with Gasteiger partial charge in [0, 0.05) is 5.41 Å².